The van der Waals surface area contributed by atoms with Crippen molar-refractivity contribution in [3.8, 4) is 0 Å². The molecule has 1 heterocycles. The van der Waals surface area contributed by atoms with Gasteiger partial charge in [0.2, 0.25) is 0 Å². The van der Waals surface area contributed by atoms with Crippen LogP contribution in [0, 0.1) is 5.92 Å². The Bertz CT molecular complexity index is 726. The van der Waals surface area contributed by atoms with E-state index in [1.54, 1.807) is 0 Å². The zero-order valence-corrected chi connectivity index (χ0v) is 18.3. The Labute approximate surface area is 173 Å². The topological polar surface area (TPSA) is 54.7 Å². The maximum absolute atomic E-state index is 5.74. The fraction of sp³-hybridized carbons (Fsp3) is 0.579. The molecule has 1 aromatic carbocycles. The zero-order chi connectivity index (χ0) is 17.6. The first-order valence-corrected chi connectivity index (χ1v) is 9.16. The lowest BCUT2D eigenvalue weighted by Gasteiger charge is -2.22. The van der Waals surface area contributed by atoms with Crippen LogP contribution in [0.15, 0.2) is 29.3 Å². The van der Waals surface area contributed by atoms with E-state index in [9.17, 15) is 0 Å². The third-order valence-electron chi connectivity index (χ3n) is 4.57. The van der Waals surface area contributed by atoms with Crippen LogP contribution in [0.2, 0.25) is 0 Å². The summed E-state index contributed by atoms with van der Waals surface area (Å²) in [5, 5.41) is 3.35. The predicted molar refractivity (Wildman–Crippen MR) is 117 cm³/mol. The van der Waals surface area contributed by atoms with Gasteiger partial charge in [-0.3, -0.25) is 0 Å². The van der Waals surface area contributed by atoms with E-state index >= 15 is 0 Å². The van der Waals surface area contributed by atoms with Gasteiger partial charge in [-0.1, -0.05) is 12.1 Å². The molecule has 0 saturated heterocycles. The molecular formula is C19H30IN5O. The SMILES string of the molecule is CCNC(=NCc1nc2ccccc2n1C)N(C)CCOCC1CC1.I. The number of guanidine groups is 1. The fourth-order valence-electron chi connectivity index (χ4n) is 2.79. The fourth-order valence-corrected chi connectivity index (χ4v) is 2.79. The van der Waals surface area contributed by atoms with Gasteiger partial charge in [-0.2, -0.15) is 0 Å². The summed E-state index contributed by atoms with van der Waals surface area (Å²) in [4.78, 5) is 11.6. The third-order valence-corrected chi connectivity index (χ3v) is 4.57. The molecule has 0 spiro atoms. The number of hydrogen-bond donors (Lipinski definition) is 1. The van der Waals surface area contributed by atoms with Gasteiger partial charge in [-0.05, 0) is 37.8 Å². The minimum Gasteiger partial charge on any atom is -0.379 e. The van der Waals surface area contributed by atoms with Gasteiger partial charge < -0.3 is 19.5 Å². The standard InChI is InChI=1S/C19H29N5O.HI/c1-4-20-19(23(2)11-12-25-14-15-9-10-15)21-13-18-22-16-7-5-6-8-17(16)24(18)3;/h5-8,15H,4,9-14H2,1-3H3,(H,20,21);1H. The first-order valence-electron chi connectivity index (χ1n) is 9.16. The normalized spacial score (nSPS) is 14.3. The molecule has 2 aromatic rings. The predicted octanol–water partition coefficient (Wildman–Crippen LogP) is 3.02. The van der Waals surface area contributed by atoms with E-state index in [1.807, 2.05) is 25.2 Å². The first-order chi connectivity index (χ1) is 12.2. The molecule has 0 unspecified atom stereocenters. The van der Waals surface area contributed by atoms with Gasteiger partial charge in [-0.15, -0.1) is 24.0 Å². The van der Waals surface area contributed by atoms with E-state index in [1.165, 1.54) is 12.8 Å². The van der Waals surface area contributed by atoms with Gasteiger partial charge in [0.1, 0.15) is 12.4 Å². The molecule has 6 nitrogen and oxygen atoms in total. The number of rotatable bonds is 8. The molecule has 1 aliphatic carbocycles. The summed E-state index contributed by atoms with van der Waals surface area (Å²) in [5.41, 5.74) is 2.15. The molecule has 1 saturated carbocycles. The van der Waals surface area contributed by atoms with Crippen LogP contribution in [0.25, 0.3) is 11.0 Å². The highest BCUT2D eigenvalue weighted by Crippen LogP contribution is 2.28. The van der Waals surface area contributed by atoms with Crippen molar-refractivity contribution in [2.75, 3.05) is 33.4 Å². The summed E-state index contributed by atoms with van der Waals surface area (Å²) in [7, 11) is 4.10. The van der Waals surface area contributed by atoms with Crippen LogP contribution in [-0.4, -0.2) is 53.8 Å². The maximum Gasteiger partial charge on any atom is 0.194 e. The van der Waals surface area contributed by atoms with E-state index in [4.69, 9.17) is 14.7 Å². The average Bonchev–Trinajstić information content (AvgIpc) is 3.39. The van der Waals surface area contributed by atoms with Gasteiger partial charge in [0.25, 0.3) is 0 Å². The Morgan fingerprint density at radius 1 is 1.38 bits per heavy atom. The number of para-hydroxylation sites is 2. The van der Waals surface area contributed by atoms with Crippen LogP contribution >= 0.6 is 24.0 Å². The molecule has 0 atom stereocenters. The van der Waals surface area contributed by atoms with Crippen molar-refractivity contribution in [3.63, 3.8) is 0 Å². The van der Waals surface area contributed by atoms with Gasteiger partial charge in [0.05, 0.1) is 17.6 Å². The zero-order valence-electron chi connectivity index (χ0n) is 15.9. The first kappa shape index (κ1) is 21.0. The van der Waals surface area contributed by atoms with Gasteiger partial charge in [-0.25, -0.2) is 9.98 Å². The highest BCUT2D eigenvalue weighted by Gasteiger charge is 2.21. The number of aryl methyl sites for hydroxylation is 1. The molecule has 0 amide bonds. The van der Waals surface area contributed by atoms with Crippen LogP contribution < -0.4 is 5.32 Å². The molecule has 7 heteroatoms. The minimum atomic E-state index is 0. The number of aromatic nitrogens is 2. The van der Waals surface area contributed by atoms with Gasteiger partial charge >= 0.3 is 0 Å². The highest BCUT2D eigenvalue weighted by molar-refractivity contribution is 14.0. The number of benzene rings is 1. The second-order valence-corrected chi connectivity index (χ2v) is 6.69. The Balaban J connectivity index is 0.00000243. The van der Waals surface area contributed by atoms with E-state index < -0.39 is 0 Å². The minimum absolute atomic E-state index is 0. The largest absolute Gasteiger partial charge is 0.379 e. The van der Waals surface area contributed by atoms with Crippen molar-refractivity contribution >= 4 is 41.0 Å². The Kier molecular flexibility index (Phi) is 8.15. The third kappa shape index (κ3) is 5.57. The van der Waals surface area contributed by atoms with Gasteiger partial charge in [0.15, 0.2) is 5.96 Å². The van der Waals surface area contributed by atoms with Crippen LogP contribution in [0.3, 0.4) is 0 Å². The molecule has 3 rings (SSSR count). The average molecular weight is 471 g/mol. The number of hydrogen-bond acceptors (Lipinski definition) is 3. The van der Waals surface area contributed by atoms with Crippen molar-refractivity contribution in [1.29, 1.82) is 0 Å². The molecule has 1 aliphatic rings. The lowest BCUT2D eigenvalue weighted by atomic mass is 10.3. The molecule has 1 fully saturated rings. The van der Waals surface area contributed by atoms with Gasteiger partial charge in [0, 0.05) is 33.8 Å². The maximum atomic E-state index is 5.74. The summed E-state index contributed by atoms with van der Waals surface area (Å²) in [6.07, 6.45) is 2.66. The number of nitrogens with zero attached hydrogens (tertiary/aromatic N) is 4. The Hall–Kier alpha value is -1.35. The number of halogens is 1. The molecule has 144 valence electrons. The molecular weight excluding hydrogens is 441 g/mol. The van der Waals surface area contributed by atoms with E-state index in [2.05, 4.69) is 34.8 Å². The summed E-state index contributed by atoms with van der Waals surface area (Å²) >= 11 is 0. The Morgan fingerprint density at radius 2 is 2.15 bits per heavy atom. The van der Waals surface area contributed by atoms with Crippen LogP contribution in [0.1, 0.15) is 25.6 Å². The number of aliphatic imine (C=N–C) groups is 1. The van der Waals surface area contributed by atoms with E-state index in [0.717, 1.165) is 55.0 Å². The summed E-state index contributed by atoms with van der Waals surface area (Å²) in [5.74, 6) is 2.67. The highest BCUT2D eigenvalue weighted by atomic mass is 127. The lowest BCUT2D eigenvalue weighted by Crippen LogP contribution is -2.40. The molecule has 0 aliphatic heterocycles. The smallest absolute Gasteiger partial charge is 0.194 e. The molecule has 0 bridgehead atoms. The molecule has 0 radical (unpaired) electrons. The van der Waals surface area contributed by atoms with Crippen molar-refractivity contribution < 1.29 is 4.74 Å². The number of fused-ring (bicyclic) bond motifs is 1. The number of ether oxygens (including phenoxy) is 1. The number of nitrogens with one attached hydrogen (secondary N) is 1. The van der Waals surface area contributed by atoms with Crippen molar-refractivity contribution in [2.24, 2.45) is 18.0 Å². The van der Waals surface area contributed by atoms with Crippen molar-refractivity contribution in [1.82, 2.24) is 19.8 Å². The lowest BCUT2D eigenvalue weighted by molar-refractivity contribution is 0.115. The number of imidazole rings is 1. The molecule has 1 N–H and O–H groups in total. The Morgan fingerprint density at radius 3 is 2.85 bits per heavy atom. The second kappa shape index (κ2) is 10.1. The van der Waals surface area contributed by atoms with Crippen LogP contribution in [0.5, 0.6) is 0 Å². The molecule has 26 heavy (non-hydrogen) atoms. The summed E-state index contributed by atoms with van der Waals surface area (Å²) < 4.78 is 7.85. The monoisotopic (exact) mass is 471 g/mol. The van der Waals surface area contributed by atoms with E-state index in [-0.39, 0.29) is 24.0 Å². The van der Waals surface area contributed by atoms with Crippen molar-refractivity contribution in [2.45, 2.75) is 26.3 Å². The van der Waals surface area contributed by atoms with Crippen LogP contribution in [-0.2, 0) is 18.3 Å². The van der Waals surface area contributed by atoms with Crippen molar-refractivity contribution in [3.05, 3.63) is 30.1 Å². The summed E-state index contributed by atoms with van der Waals surface area (Å²) in [6, 6.07) is 8.18. The second-order valence-electron chi connectivity index (χ2n) is 6.69. The summed E-state index contributed by atoms with van der Waals surface area (Å²) in [6.45, 7) is 5.96. The number of likely N-dealkylation sites (N-methyl/N-ethyl adjacent to an activating group) is 1. The quantitative estimate of drug-likeness (QED) is 0.279. The van der Waals surface area contributed by atoms with E-state index in [0.29, 0.717) is 6.54 Å². The van der Waals surface area contributed by atoms with Crippen LogP contribution in [0.4, 0.5) is 0 Å². The molecule has 1 aromatic heterocycles.